The minimum atomic E-state index is -0.892. The van der Waals surface area contributed by atoms with Gasteiger partial charge in [0.1, 0.15) is 0 Å². The van der Waals surface area contributed by atoms with Gasteiger partial charge < -0.3 is 10.2 Å². The summed E-state index contributed by atoms with van der Waals surface area (Å²) in [4.78, 5) is 13.5. The van der Waals surface area contributed by atoms with Crippen LogP contribution in [0.25, 0.3) is 6.08 Å². The molecule has 4 heteroatoms. The molecular weight excluding hydrogens is 254 g/mol. The highest BCUT2D eigenvalue weighted by Gasteiger charge is 2.23. The summed E-state index contributed by atoms with van der Waals surface area (Å²) in [6, 6.07) is 9.56. The first-order valence-electron chi connectivity index (χ1n) is 7.04. The van der Waals surface area contributed by atoms with Gasteiger partial charge in [0, 0.05) is 12.6 Å². The molecule has 1 aliphatic heterocycles. The van der Waals surface area contributed by atoms with Crippen molar-refractivity contribution >= 4 is 12.0 Å². The van der Waals surface area contributed by atoms with E-state index >= 15 is 0 Å². The van der Waals surface area contributed by atoms with Gasteiger partial charge in [0.05, 0.1) is 12.2 Å². The van der Waals surface area contributed by atoms with E-state index in [4.69, 9.17) is 0 Å². The second kappa shape index (κ2) is 7.22. The van der Waals surface area contributed by atoms with Gasteiger partial charge in [0.2, 0.25) is 0 Å². The molecule has 108 valence electrons. The number of carboxylic acid groups (broad SMARTS) is 1. The molecule has 1 unspecified atom stereocenters. The topological polar surface area (TPSA) is 60.8 Å². The van der Waals surface area contributed by atoms with Crippen LogP contribution in [0.3, 0.4) is 0 Å². The van der Waals surface area contributed by atoms with E-state index < -0.39 is 5.97 Å². The van der Waals surface area contributed by atoms with Crippen molar-refractivity contribution < 1.29 is 15.0 Å². The van der Waals surface area contributed by atoms with Gasteiger partial charge in [0.25, 0.3) is 0 Å². The van der Waals surface area contributed by atoms with Gasteiger partial charge in [-0.1, -0.05) is 36.8 Å². The standard InChI is InChI=1S/C16H21NO3/c18-12-15-8-4-5-9-17(15)11-14(16(19)20)10-13-6-2-1-3-7-13/h1-3,6-7,10,15,18H,4-5,8-9,11-12H2,(H,19,20)/b14-10+. The first-order valence-corrected chi connectivity index (χ1v) is 7.04. The molecule has 4 nitrogen and oxygen atoms in total. The Morgan fingerprint density at radius 3 is 2.70 bits per heavy atom. The third-order valence-electron chi connectivity index (χ3n) is 3.75. The van der Waals surface area contributed by atoms with Crippen LogP contribution >= 0.6 is 0 Å². The van der Waals surface area contributed by atoms with E-state index in [2.05, 4.69) is 4.90 Å². The van der Waals surface area contributed by atoms with E-state index in [-0.39, 0.29) is 12.6 Å². The number of hydrogen-bond acceptors (Lipinski definition) is 3. The van der Waals surface area contributed by atoms with Crippen LogP contribution < -0.4 is 0 Å². The predicted octanol–water partition coefficient (Wildman–Crippen LogP) is 2.00. The quantitative estimate of drug-likeness (QED) is 0.807. The number of hydrogen-bond donors (Lipinski definition) is 2. The van der Waals surface area contributed by atoms with Crippen LogP contribution in [-0.2, 0) is 4.79 Å². The molecule has 1 saturated heterocycles. The number of aliphatic carboxylic acids is 1. The Morgan fingerprint density at radius 2 is 2.05 bits per heavy atom. The van der Waals surface area contributed by atoms with Crippen LogP contribution in [0, 0.1) is 0 Å². The van der Waals surface area contributed by atoms with Gasteiger partial charge in [-0.2, -0.15) is 0 Å². The lowest BCUT2D eigenvalue weighted by molar-refractivity contribution is -0.133. The summed E-state index contributed by atoms with van der Waals surface area (Å²) in [6.45, 7) is 1.33. The van der Waals surface area contributed by atoms with Crippen molar-refractivity contribution in [1.82, 2.24) is 4.90 Å². The summed E-state index contributed by atoms with van der Waals surface area (Å²) in [7, 11) is 0. The minimum absolute atomic E-state index is 0.0854. The minimum Gasteiger partial charge on any atom is -0.478 e. The summed E-state index contributed by atoms with van der Waals surface area (Å²) >= 11 is 0. The van der Waals surface area contributed by atoms with Crippen LogP contribution in [0.5, 0.6) is 0 Å². The van der Waals surface area contributed by atoms with Crippen molar-refractivity contribution in [3.8, 4) is 0 Å². The van der Waals surface area contributed by atoms with Crippen molar-refractivity contribution in [3.05, 3.63) is 41.5 Å². The smallest absolute Gasteiger partial charge is 0.332 e. The highest BCUT2D eigenvalue weighted by atomic mass is 16.4. The normalized spacial score (nSPS) is 20.9. The van der Waals surface area contributed by atoms with Crippen molar-refractivity contribution in [3.63, 3.8) is 0 Å². The van der Waals surface area contributed by atoms with Crippen LogP contribution in [0.15, 0.2) is 35.9 Å². The molecule has 0 bridgehead atoms. The molecule has 0 saturated carbocycles. The van der Waals surface area contributed by atoms with E-state index in [1.165, 1.54) is 0 Å². The highest BCUT2D eigenvalue weighted by molar-refractivity contribution is 5.92. The van der Waals surface area contributed by atoms with Crippen LogP contribution in [0.2, 0.25) is 0 Å². The molecule has 1 aromatic rings. The maximum atomic E-state index is 11.4. The lowest BCUT2D eigenvalue weighted by Crippen LogP contribution is -2.43. The number of aliphatic hydroxyl groups excluding tert-OH is 1. The summed E-state index contributed by atoms with van der Waals surface area (Å²) in [5, 5.41) is 18.8. The zero-order valence-electron chi connectivity index (χ0n) is 11.5. The molecule has 2 rings (SSSR count). The highest BCUT2D eigenvalue weighted by Crippen LogP contribution is 2.19. The summed E-state index contributed by atoms with van der Waals surface area (Å²) in [5.74, 6) is -0.892. The van der Waals surface area contributed by atoms with Crippen molar-refractivity contribution in [2.75, 3.05) is 19.7 Å². The lowest BCUT2D eigenvalue weighted by atomic mass is 10.0. The Kier molecular flexibility index (Phi) is 5.32. The molecule has 1 aromatic carbocycles. The Bertz CT molecular complexity index is 470. The fourth-order valence-electron chi connectivity index (χ4n) is 2.62. The molecule has 0 aromatic heterocycles. The number of benzene rings is 1. The second-order valence-corrected chi connectivity index (χ2v) is 5.19. The molecule has 1 heterocycles. The maximum absolute atomic E-state index is 11.4. The fraction of sp³-hybridized carbons (Fsp3) is 0.438. The molecular formula is C16H21NO3. The number of rotatable bonds is 5. The Morgan fingerprint density at radius 1 is 1.30 bits per heavy atom. The predicted molar refractivity (Wildman–Crippen MR) is 78.4 cm³/mol. The summed E-state index contributed by atoms with van der Waals surface area (Å²) in [5.41, 5.74) is 1.26. The lowest BCUT2D eigenvalue weighted by Gasteiger charge is -2.34. The number of carbonyl (C=O) groups is 1. The van der Waals surface area contributed by atoms with Gasteiger partial charge in [-0.05, 0) is 31.0 Å². The number of aliphatic hydroxyl groups is 1. The third kappa shape index (κ3) is 3.92. The maximum Gasteiger partial charge on any atom is 0.332 e. The fourth-order valence-corrected chi connectivity index (χ4v) is 2.62. The molecule has 0 radical (unpaired) electrons. The number of likely N-dealkylation sites (tertiary alicyclic amines) is 1. The zero-order valence-corrected chi connectivity index (χ0v) is 11.5. The number of nitrogens with zero attached hydrogens (tertiary/aromatic N) is 1. The third-order valence-corrected chi connectivity index (χ3v) is 3.75. The Balaban J connectivity index is 2.13. The van der Waals surface area contributed by atoms with E-state index in [9.17, 15) is 15.0 Å². The molecule has 1 atom stereocenters. The first kappa shape index (κ1) is 14.8. The monoisotopic (exact) mass is 275 g/mol. The molecule has 1 fully saturated rings. The van der Waals surface area contributed by atoms with E-state index in [0.717, 1.165) is 31.4 Å². The Hall–Kier alpha value is -1.65. The van der Waals surface area contributed by atoms with Gasteiger partial charge >= 0.3 is 5.97 Å². The molecule has 2 N–H and O–H groups in total. The molecule has 0 amide bonds. The van der Waals surface area contributed by atoms with E-state index in [0.29, 0.717) is 12.1 Å². The van der Waals surface area contributed by atoms with Crippen molar-refractivity contribution in [1.29, 1.82) is 0 Å². The summed E-state index contributed by atoms with van der Waals surface area (Å²) in [6.07, 6.45) is 4.82. The first-order chi connectivity index (χ1) is 9.70. The van der Waals surface area contributed by atoms with Crippen LogP contribution in [0.4, 0.5) is 0 Å². The molecule has 20 heavy (non-hydrogen) atoms. The average Bonchev–Trinajstić information content (AvgIpc) is 2.48. The van der Waals surface area contributed by atoms with Gasteiger partial charge in [0.15, 0.2) is 0 Å². The molecule has 0 aliphatic carbocycles. The van der Waals surface area contributed by atoms with E-state index in [1.54, 1.807) is 6.08 Å². The number of piperidine rings is 1. The van der Waals surface area contributed by atoms with Gasteiger partial charge in [-0.15, -0.1) is 0 Å². The van der Waals surface area contributed by atoms with Gasteiger partial charge in [-0.25, -0.2) is 4.79 Å². The zero-order chi connectivity index (χ0) is 14.4. The van der Waals surface area contributed by atoms with Crippen molar-refractivity contribution in [2.24, 2.45) is 0 Å². The average molecular weight is 275 g/mol. The number of carboxylic acids is 1. The van der Waals surface area contributed by atoms with Crippen LogP contribution in [0.1, 0.15) is 24.8 Å². The SMILES string of the molecule is O=C(O)/C(=C/c1ccccc1)CN1CCCCC1CO. The van der Waals surface area contributed by atoms with Gasteiger partial charge in [-0.3, -0.25) is 4.90 Å². The molecule has 1 aliphatic rings. The Labute approximate surface area is 119 Å². The largest absolute Gasteiger partial charge is 0.478 e. The van der Waals surface area contributed by atoms with E-state index in [1.807, 2.05) is 30.3 Å². The molecule has 0 spiro atoms. The van der Waals surface area contributed by atoms with Crippen LogP contribution in [-0.4, -0.2) is 46.8 Å². The second-order valence-electron chi connectivity index (χ2n) is 5.19. The summed E-state index contributed by atoms with van der Waals surface area (Å²) < 4.78 is 0. The van der Waals surface area contributed by atoms with Crippen molar-refractivity contribution in [2.45, 2.75) is 25.3 Å².